The summed E-state index contributed by atoms with van der Waals surface area (Å²) < 4.78 is 15.9. The summed E-state index contributed by atoms with van der Waals surface area (Å²) in [6.45, 7) is 0.534. The van der Waals surface area contributed by atoms with Crippen LogP contribution in [0.25, 0.3) is 11.2 Å². The van der Waals surface area contributed by atoms with Crippen LogP contribution in [0, 0.1) is 6.08 Å². The molecule has 19 heavy (non-hydrogen) atoms. The molecule has 0 spiro atoms. The molecule has 0 aliphatic carbocycles. The van der Waals surface area contributed by atoms with E-state index in [1.165, 1.54) is 0 Å². The van der Waals surface area contributed by atoms with E-state index in [1.807, 2.05) is 24.3 Å². The van der Waals surface area contributed by atoms with Crippen LogP contribution in [-0.4, -0.2) is 19.5 Å². The number of imidazole rings is 1. The first-order chi connectivity index (χ1) is 9.13. The van der Waals surface area contributed by atoms with Crippen molar-refractivity contribution in [2.24, 2.45) is 0 Å². The molecule has 0 radical (unpaired) electrons. The maximum Gasteiger partial charge on any atom is 0.312 e. The van der Waals surface area contributed by atoms with E-state index >= 15 is 0 Å². The lowest BCUT2D eigenvalue weighted by Gasteiger charge is -2.04. The second-order valence-corrected chi connectivity index (χ2v) is 4.97. The van der Waals surface area contributed by atoms with Crippen LogP contribution in [0.1, 0.15) is 5.56 Å². The molecule has 2 heterocycles. The van der Waals surface area contributed by atoms with Gasteiger partial charge in [-0.25, -0.2) is 4.98 Å². The molecule has 2 N–H and O–H groups in total. The number of rotatable bonds is 2. The Morgan fingerprint density at radius 2 is 2.16 bits per heavy atom. The van der Waals surface area contributed by atoms with E-state index in [9.17, 15) is 4.39 Å². The number of hydrogen-bond donors (Lipinski definition) is 1. The molecule has 0 atom stereocenters. The predicted octanol–water partition coefficient (Wildman–Crippen LogP) is 2.36. The van der Waals surface area contributed by atoms with E-state index in [0.29, 0.717) is 17.7 Å². The number of nitrogens with zero attached hydrogens (tertiary/aromatic N) is 4. The van der Waals surface area contributed by atoms with E-state index in [-0.39, 0.29) is 5.82 Å². The first kappa shape index (κ1) is 12.0. The maximum absolute atomic E-state index is 13.2. The molecule has 96 valence electrons. The van der Waals surface area contributed by atoms with Crippen molar-refractivity contribution >= 4 is 32.9 Å². The van der Waals surface area contributed by atoms with Crippen LogP contribution in [0.15, 0.2) is 35.1 Å². The van der Waals surface area contributed by atoms with Crippen molar-refractivity contribution in [2.45, 2.75) is 6.54 Å². The highest BCUT2D eigenvalue weighted by Gasteiger charge is 2.11. The summed E-state index contributed by atoms with van der Waals surface area (Å²) in [5.74, 6) is 0.0514. The van der Waals surface area contributed by atoms with E-state index < -0.39 is 6.08 Å². The standard InChI is InChI=1S/C12H9BrFN5/c13-8-3-1-2-7(4-8)5-19-6-16-9-10(15)17-12(14)18-11(9)19/h1-4,6H,5H2,(H2,15,17,18). The highest BCUT2D eigenvalue weighted by Crippen LogP contribution is 2.18. The Bertz CT molecular complexity index is 755. The quantitative estimate of drug-likeness (QED) is 0.735. The average Bonchev–Trinajstić information content (AvgIpc) is 2.73. The van der Waals surface area contributed by atoms with Crippen LogP contribution in [0.4, 0.5) is 10.2 Å². The fourth-order valence-electron chi connectivity index (χ4n) is 1.89. The smallest absolute Gasteiger partial charge is 0.312 e. The van der Waals surface area contributed by atoms with E-state index in [4.69, 9.17) is 5.73 Å². The van der Waals surface area contributed by atoms with Gasteiger partial charge < -0.3 is 10.3 Å². The zero-order chi connectivity index (χ0) is 13.4. The molecule has 3 rings (SSSR count). The summed E-state index contributed by atoms with van der Waals surface area (Å²) in [5, 5.41) is 0. The van der Waals surface area contributed by atoms with Crippen molar-refractivity contribution in [1.82, 2.24) is 19.5 Å². The number of anilines is 1. The van der Waals surface area contributed by atoms with Gasteiger partial charge >= 0.3 is 6.08 Å². The van der Waals surface area contributed by atoms with Gasteiger partial charge in [0.25, 0.3) is 0 Å². The normalized spacial score (nSPS) is 11.1. The van der Waals surface area contributed by atoms with Crippen molar-refractivity contribution in [1.29, 1.82) is 0 Å². The number of benzene rings is 1. The van der Waals surface area contributed by atoms with Gasteiger partial charge in [-0.05, 0) is 17.7 Å². The third kappa shape index (κ3) is 2.28. The zero-order valence-electron chi connectivity index (χ0n) is 9.72. The summed E-state index contributed by atoms with van der Waals surface area (Å²) in [7, 11) is 0. The first-order valence-corrected chi connectivity index (χ1v) is 6.31. The van der Waals surface area contributed by atoms with E-state index in [0.717, 1.165) is 10.0 Å². The second-order valence-electron chi connectivity index (χ2n) is 4.05. The van der Waals surface area contributed by atoms with Gasteiger partial charge in [0.15, 0.2) is 11.5 Å². The summed E-state index contributed by atoms with van der Waals surface area (Å²) in [6.07, 6.45) is 0.733. The summed E-state index contributed by atoms with van der Waals surface area (Å²) in [6, 6.07) is 7.82. The molecule has 0 amide bonds. The molecular weight excluding hydrogens is 313 g/mol. The Labute approximate surface area is 116 Å². The van der Waals surface area contributed by atoms with Crippen LogP contribution in [0.5, 0.6) is 0 Å². The van der Waals surface area contributed by atoms with Crippen molar-refractivity contribution in [3.63, 3.8) is 0 Å². The van der Waals surface area contributed by atoms with Gasteiger partial charge in [-0.2, -0.15) is 14.4 Å². The largest absolute Gasteiger partial charge is 0.382 e. The Hall–Kier alpha value is -2.02. The third-order valence-corrected chi connectivity index (χ3v) is 3.20. The van der Waals surface area contributed by atoms with Crippen molar-refractivity contribution in [2.75, 3.05) is 5.73 Å². The van der Waals surface area contributed by atoms with Crippen LogP contribution < -0.4 is 5.73 Å². The van der Waals surface area contributed by atoms with Crippen molar-refractivity contribution in [3.05, 3.63) is 46.7 Å². The SMILES string of the molecule is Nc1nc(F)nc2c1ncn2Cc1cccc(Br)c1. The predicted molar refractivity (Wildman–Crippen MR) is 72.9 cm³/mol. The topological polar surface area (TPSA) is 69.6 Å². The van der Waals surface area contributed by atoms with E-state index in [1.54, 1.807) is 10.9 Å². The Morgan fingerprint density at radius 1 is 1.32 bits per heavy atom. The van der Waals surface area contributed by atoms with Crippen LogP contribution >= 0.6 is 15.9 Å². The third-order valence-electron chi connectivity index (χ3n) is 2.71. The lowest BCUT2D eigenvalue weighted by atomic mass is 10.2. The lowest BCUT2D eigenvalue weighted by molar-refractivity contribution is 0.543. The lowest BCUT2D eigenvalue weighted by Crippen LogP contribution is -2.03. The minimum Gasteiger partial charge on any atom is -0.382 e. The van der Waals surface area contributed by atoms with E-state index in [2.05, 4.69) is 30.9 Å². The van der Waals surface area contributed by atoms with Crippen LogP contribution in [-0.2, 0) is 6.54 Å². The van der Waals surface area contributed by atoms with Gasteiger partial charge in [-0.1, -0.05) is 28.1 Å². The Kier molecular flexibility index (Phi) is 2.90. The number of fused-ring (bicyclic) bond motifs is 1. The van der Waals surface area contributed by atoms with Crippen molar-refractivity contribution < 1.29 is 4.39 Å². The van der Waals surface area contributed by atoms with Gasteiger partial charge in [0.05, 0.1) is 12.9 Å². The molecule has 7 heteroatoms. The second kappa shape index (κ2) is 4.58. The monoisotopic (exact) mass is 321 g/mol. The number of nitrogen functional groups attached to an aromatic ring is 1. The average molecular weight is 322 g/mol. The number of hydrogen-bond acceptors (Lipinski definition) is 4. The zero-order valence-corrected chi connectivity index (χ0v) is 11.3. The fraction of sp³-hybridized carbons (Fsp3) is 0.0833. The fourth-order valence-corrected chi connectivity index (χ4v) is 2.33. The first-order valence-electron chi connectivity index (χ1n) is 5.52. The molecule has 0 aliphatic rings. The molecule has 5 nitrogen and oxygen atoms in total. The minimum absolute atomic E-state index is 0.0514. The van der Waals surface area contributed by atoms with Gasteiger partial charge in [-0.15, -0.1) is 0 Å². The number of halogens is 2. The molecule has 0 saturated carbocycles. The molecule has 3 aromatic rings. The minimum atomic E-state index is -0.846. The Balaban J connectivity index is 2.06. The molecule has 0 fully saturated rings. The molecule has 0 unspecified atom stereocenters. The van der Waals surface area contributed by atoms with Crippen LogP contribution in [0.3, 0.4) is 0 Å². The van der Waals surface area contributed by atoms with Gasteiger partial charge in [0, 0.05) is 4.47 Å². The molecule has 2 aromatic heterocycles. The highest BCUT2D eigenvalue weighted by atomic mass is 79.9. The highest BCUT2D eigenvalue weighted by molar-refractivity contribution is 9.10. The Morgan fingerprint density at radius 3 is 2.95 bits per heavy atom. The van der Waals surface area contributed by atoms with Crippen molar-refractivity contribution in [3.8, 4) is 0 Å². The van der Waals surface area contributed by atoms with Gasteiger partial charge in [0.1, 0.15) is 5.52 Å². The number of aromatic nitrogens is 4. The molecule has 0 bridgehead atoms. The van der Waals surface area contributed by atoms with Gasteiger partial charge in [-0.3, -0.25) is 0 Å². The summed E-state index contributed by atoms with van der Waals surface area (Å²) in [4.78, 5) is 11.3. The summed E-state index contributed by atoms with van der Waals surface area (Å²) >= 11 is 3.41. The maximum atomic E-state index is 13.2. The molecule has 0 aliphatic heterocycles. The number of nitrogens with two attached hydrogens (primary N) is 1. The molecular formula is C12H9BrFN5. The summed E-state index contributed by atoms with van der Waals surface area (Å²) in [5.41, 5.74) is 7.47. The van der Waals surface area contributed by atoms with Gasteiger partial charge in [0.2, 0.25) is 0 Å². The van der Waals surface area contributed by atoms with Crippen LogP contribution in [0.2, 0.25) is 0 Å². The molecule has 1 aromatic carbocycles. The molecule has 0 saturated heterocycles.